The Hall–Kier alpha value is -3.33. The lowest BCUT2D eigenvalue weighted by Gasteiger charge is -2.25. The Labute approximate surface area is 192 Å². The number of piperidine rings is 1. The number of nitrogens with one attached hydrogen (secondary N) is 2. The number of anilines is 1. The van der Waals surface area contributed by atoms with Gasteiger partial charge < -0.3 is 15.2 Å². The highest BCUT2D eigenvalue weighted by Crippen LogP contribution is 2.23. The average Bonchev–Trinajstić information content (AvgIpc) is 2.98. The van der Waals surface area contributed by atoms with Gasteiger partial charge in [0.25, 0.3) is 17.6 Å². The molecular formula is C24H29FN4O4. The van der Waals surface area contributed by atoms with Crippen molar-refractivity contribution in [3.63, 3.8) is 0 Å². The molecular weight excluding hydrogens is 427 g/mol. The summed E-state index contributed by atoms with van der Waals surface area (Å²) in [5, 5.41) is 5.34. The molecule has 1 saturated heterocycles. The summed E-state index contributed by atoms with van der Waals surface area (Å²) in [7, 11) is 1.63. The molecule has 9 heteroatoms. The first-order valence-electron chi connectivity index (χ1n) is 10.9. The van der Waals surface area contributed by atoms with Crippen LogP contribution in [-0.4, -0.2) is 59.0 Å². The standard InChI is InChI=1S/C24H29FN4O4/c1-14-12-17(7-8-19(14)25)27-23(32)20-15(2)21(28(4)16(20)3)22(31)24(33)26-9-11-29-10-5-6-18(30)13-29/h7-8,12H,5-6,9-11,13H2,1-4H3,(H,26,33)(H,27,32). The molecule has 1 fully saturated rings. The van der Waals surface area contributed by atoms with Gasteiger partial charge in [-0.3, -0.25) is 24.1 Å². The Kier molecular flexibility index (Phi) is 7.43. The largest absolute Gasteiger partial charge is 0.348 e. The number of benzene rings is 1. The highest BCUT2D eigenvalue weighted by molar-refractivity contribution is 6.43. The van der Waals surface area contributed by atoms with E-state index in [1.54, 1.807) is 27.8 Å². The topological polar surface area (TPSA) is 101 Å². The second-order valence-corrected chi connectivity index (χ2v) is 8.41. The van der Waals surface area contributed by atoms with Crippen molar-refractivity contribution in [2.45, 2.75) is 33.6 Å². The summed E-state index contributed by atoms with van der Waals surface area (Å²) in [5.41, 5.74) is 2.19. The molecule has 1 aromatic heterocycles. The average molecular weight is 457 g/mol. The molecule has 0 unspecified atom stereocenters. The quantitative estimate of drug-likeness (QED) is 0.492. The number of amides is 2. The van der Waals surface area contributed by atoms with Gasteiger partial charge in [-0.15, -0.1) is 0 Å². The van der Waals surface area contributed by atoms with Crippen molar-refractivity contribution in [1.82, 2.24) is 14.8 Å². The van der Waals surface area contributed by atoms with Gasteiger partial charge in [0.15, 0.2) is 0 Å². The minimum absolute atomic E-state index is 0.138. The number of rotatable bonds is 7. The zero-order valence-corrected chi connectivity index (χ0v) is 19.4. The Morgan fingerprint density at radius 3 is 2.55 bits per heavy atom. The van der Waals surface area contributed by atoms with Crippen LogP contribution in [0.1, 0.15) is 50.5 Å². The van der Waals surface area contributed by atoms with Crippen LogP contribution in [0.3, 0.4) is 0 Å². The van der Waals surface area contributed by atoms with Crippen LogP contribution in [0.5, 0.6) is 0 Å². The smallest absolute Gasteiger partial charge is 0.294 e. The van der Waals surface area contributed by atoms with Gasteiger partial charge in [-0.1, -0.05) is 0 Å². The van der Waals surface area contributed by atoms with Crippen molar-refractivity contribution >= 4 is 29.1 Å². The van der Waals surface area contributed by atoms with Crippen molar-refractivity contribution in [2.24, 2.45) is 7.05 Å². The molecule has 0 bridgehead atoms. The number of ketones is 2. The molecule has 0 saturated carbocycles. The molecule has 2 amide bonds. The molecule has 0 spiro atoms. The van der Waals surface area contributed by atoms with E-state index < -0.39 is 17.6 Å². The monoisotopic (exact) mass is 456 g/mol. The summed E-state index contributed by atoms with van der Waals surface area (Å²) >= 11 is 0. The van der Waals surface area contributed by atoms with Gasteiger partial charge in [0.2, 0.25) is 0 Å². The van der Waals surface area contributed by atoms with E-state index in [1.165, 1.54) is 22.8 Å². The lowest BCUT2D eigenvalue weighted by molar-refractivity contribution is -0.122. The van der Waals surface area contributed by atoms with Gasteiger partial charge >= 0.3 is 0 Å². The molecule has 2 N–H and O–H groups in total. The van der Waals surface area contributed by atoms with E-state index in [1.807, 2.05) is 4.90 Å². The van der Waals surface area contributed by atoms with Gasteiger partial charge in [0.1, 0.15) is 11.6 Å². The molecule has 1 aliphatic rings. The molecule has 2 aromatic rings. The van der Waals surface area contributed by atoms with Gasteiger partial charge in [-0.25, -0.2) is 4.39 Å². The second-order valence-electron chi connectivity index (χ2n) is 8.41. The number of carbonyl (C=O) groups is 4. The van der Waals surface area contributed by atoms with Crippen LogP contribution in [-0.2, 0) is 16.6 Å². The number of halogens is 1. The summed E-state index contributed by atoms with van der Waals surface area (Å²) in [5.74, 6) is -2.13. The van der Waals surface area contributed by atoms with Crippen LogP contribution in [0.25, 0.3) is 0 Å². The maximum absolute atomic E-state index is 13.5. The fourth-order valence-electron chi connectivity index (χ4n) is 4.16. The first-order valence-corrected chi connectivity index (χ1v) is 10.9. The Morgan fingerprint density at radius 2 is 1.88 bits per heavy atom. The highest BCUT2D eigenvalue weighted by Gasteiger charge is 2.28. The minimum atomic E-state index is -0.761. The first kappa shape index (κ1) is 24.3. The van der Waals surface area contributed by atoms with Gasteiger partial charge in [-0.05, 0) is 63.1 Å². The summed E-state index contributed by atoms with van der Waals surface area (Å²) in [4.78, 5) is 51.8. The maximum Gasteiger partial charge on any atom is 0.294 e. The first-order chi connectivity index (χ1) is 15.6. The van der Waals surface area contributed by atoms with Crippen LogP contribution in [0.4, 0.5) is 10.1 Å². The molecule has 0 aliphatic carbocycles. The van der Waals surface area contributed by atoms with Crippen LogP contribution in [0.15, 0.2) is 18.2 Å². The van der Waals surface area contributed by atoms with Crippen LogP contribution in [0.2, 0.25) is 0 Å². The molecule has 0 radical (unpaired) electrons. The fourth-order valence-corrected chi connectivity index (χ4v) is 4.16. The third kappa shape index (κ3) is 5.36. The normalized spacial score (nSPS) is 14.3. The third-order valence-electron chi connectivity index (χ3n) is 6.04. The van der Waals surface area contributed by atoms with Crippen LogP contribution < -0.4 is 10.6 Å². The number of likely N-dealkylation sites (tertiary alicyclic amines) is 1. The van der Waals surface area contributed by atoms with Crippen LogP contribution in [0, 0.1) is 26.6 Å². The van der Waals surface area contributed by atoms with E-state index in [0.29, 0.717) is 47.6 Å². The molecule has 1 aromatic carbocycles. The number of hydrogen-bond donors (Lipinski definition) is 2. The van der Waals surface area contributed by atoms with Crippen molar-refractivity contribution in [1.29, 1.82) is 0 Å². The van der Waals surface area contributed by atoms with E-state index in [9.17, 15) is 23.6 Å². The summed E-state index contributed by atoms with van der Waals surface area (Å²) in [6.45, 7) is 6.81. The van der Waals surface area contributed by atoms with E-state index in [4.69, 9.17) is 0 Å². The van der Waals surface area contributed by atoms with E-state index >= 15 is 0 Å². The molecule has 2 heterocycles. The molecule has 0 atom stereocenters. The van der Waals surface area contributed by atoms with E-state index in [0.717, 1.165) is 13.0 Å². The highest BCUT2D eigenvalue weighted by atomic mass is 19.1. The zero-order chi connectivity index (χ0) is 24.3. The lowest BCUT2D eigenvalue weighted by atomic mass is 10.1. The number of nitrogens with zero attached hydrogens (tertiary/aromatic N) is 2. The SMILES string of the molecule is Cc1cc(NC(=O)c2c(C)c(C(=O)C(=O)NCCN3CCCC(=O)C3)n(C)c2C)ccc1F. The van der Waals surface area contributed by atoms with Crippen molar-refractivity contribution in [3.05, 3.63) is 52.1 Å². The van der Waals surface area contributed by atoms with Crippen LogP contribution >= 0.6 is 0 Å². The molecule has 33 heavy (non-hydrogen) atoms. The maximum atomic E-state index is 13.5. The molecule has 176 valence electrons. The fraction of sp³-hybridized carbons (Fsp3) is 0.417. The predicted octanol–water partition coefficient (Wildman–Crippen LogP) is 2.31. The zero-order valence-electron chi connectivity index (χ0n) is 19.4. The molecule has 8 nitrogen and oxygen atoms in total. The third-order valence-corrected chi connectivity index (χ3v) is 6.04. The number of carbonyl (C=O) groups excluding carboxylic acids is 4. The van der Waals surface area contributed by atoms with Gasteiger partial charge in [-0.2, -0.15) is 0 Å². The number of Topliss-reactive ketones (excluding diaryl/α,β-unsaturated/α-hetero) is 2. The summed E-state index contributed by atoms with van der Waals surface area (Å²) < 4.78 is 15.0. The Morgan fingerprint density at radius 1 is 1.15 bits per heavy atom. The molecule has 3 rings (SSSR count). The van der Waals surface area contributed by atoms with Crippen molar-refractivity contribution < 1.29 is 23.6 Å². The number of aromatic nitrogens is 1. The minimum Gasteiger partial charge on any atom is -0.348 e. The predicted molar refractivity (Wildman–Crippen MR) is 122 cm³/mol. The van der Waals surface area contributed by atoms with E-state index in [2.05, 4.69) is 10.6 Å². The summed E-state index contributed by atoms with van der Waals surface area (Å²) in [6, 6.07) is 4.26. The van der Waals surface area contributed by atoms with Gasteiger partial charge in [0.05, 0.1) is 17.8 Å². The second kappa shape index (κ2) is 10.1. The lowest BCUT2D eigenvalue weighted by Crippen LogP contribution is -2.42. The van der Waals surface area contributed by atoms with Gasteiger partial charge in [0, 0.05) is 37.9 Å². The van der Waals surface area contributed by atoms with E-state index in [-0.39, 0.29) is 23.8 Å². The van der Waals surface area contributed by atoms with Crippen molar-refractivity contribution in [3.8, 4) is 0 Å². The Bertz CT molecular complexity index is 1120. The number of hydrogen-bond acceptors (Lipinski definition) is 5. The number of aryl methyl sites for hydroxylation is 1. The summed E-state index contributed by atoms with van der Waals surface area (Å²) in [6.07, 6.45) is 1.39. The van der Waals surface area contributed by atoms with Crippen molar-refractivity contribution in [2.75, 3.05) is 31.5 Å². The Balaban J connectivity index is 1.70. The molecule has 1 aliphatic heterocycles.